The molecule has 0 unspecified atom stereocenters. The van der Waals surface area contributed by atoms with Gasteiger partial charge in [0.25, 0.3) is 0 Å². The first-order chi connectivity index (χ1) is 9.51. The number of ether oxygens (including phenoxy) is 1. The Hall–Kier alpha value is -0.900. The fourth-order valence-electron chi connectivity index (χ4n) is 1.84. The van der Waals surface area contributed by atoms with Crippen molar-refractivity contribution in [3.8, 4) is 5.75 Å². The van der Waals surface area contributed by atoms with Crippen LogP contribution in [0.25, 0.3) is 0 Å². The summed E-state index contributed by atoms with van der Waals surface area (Å²) in [7, 11) is 1.63. The van der Waals surface area contributed by atoms with Crippen LogP contribution >= 0.6 is 39.1 Å². The molecule has 0 aromatic heterocycles. The van der Waals surface area contributed by atoms with Crippen molar-refractivity contribution in [2.24, 2.45) is 0 Å². The molecule has 20 heavy (non-hydrogen) atoms. The summed E-state index contributed by atoms with van der Waals surface area (Å²) in [5.41, 5.74) is 2.98. The molecule has 0 heterocycles. The van der Waals surface area contributed by atoms with E-state index in [-0.39, 0.29) is 0 Å². The highest BCUT2D eigenvalue weighted by molar-refractivity contribution is 9.10. The van der Waals surface area contributed by atoms with E-state index in [1.54, 1.807) is 7.11 Å². The Balaban J connectivity index is 2.22. The van der Waals surface area contributed by atoms with Crippen molar-refractivity contribution >= 4 is 44.8 Å². The third kappa shape index (κ3) is 3.60. The van der Waals surface area contributed by atoms with Gasteiger partial charge in [0.2, 0.25) is 0 Å². The fourth-order valence-corrected chi connectivity index (χ4v) is 2.57. The molecule has 2 nitrogen and oxygen atoms in total. The molecule has 0 spiro atoms. The Bertz CT molecular complexity index is 632. The summed E-state index contributed by atoms with van der Waals surface area (Å²) in [5.74, 6) is 0.721. The topological polar surface area (TPSA) is 21.3 Å². The molecule has 2 rings (SSSR count). The van der Waals surface area contributed by atoms with E-state index in [1.807, 2.05) is 37.3 Å². The third-order valence-electron chi connectivity index (χ3n) is 2.96. The van der Waals surface area contributed by atoms with Gasteiger partial charge in [0, 0.05) is 27.1 Å². The lowest BCUT2D eigenvalue weighted by Gasteiger charge is -2.14. The molecule has 2 aromatic carbocycles. The minimum absolute atomic E-state index is 0.637. The van der Waals surface area contributed by atoms with Gasteiger partial charge in [-0.3, -0.25) is 0 Å². The summed E-state index contributed by atoms with van der Waals surface area (Å²) >= 11 is 15.6. The van der Waals surface area contributed by atoms with E-state index in [1.165, 1.54) is 0 Å². The van der Waals surface area contributed by atoms with E-state index < -0.39 is 0 Å². The van der Waals surface area contributed by atoms with Gasteiger partial charge in [0.1, 0.15) is 5.75 Å². The lowest BCUT2D eigenvalue weighted by molar-refractivity contribution is 0.416. The van der Waals surface area contributed by atoms with Crippen LogP contribution in [0.4, 0.5) is 5.69 Å². The highest BCUT2D eigenvalue weighted by atomic mass is 79.9. The number of hydrogen-bond acceptors (Lipinski definition) is 2. The summed E-state index contributed by atoms with van der Waals surface area (Å²) in [6.45, 7) is 2.60. The summed E-state index contributed by atoms with van der Waals surface area (Å²) in [5, 5.41) is 4.75. The number of rotatable bonds is 4. The Labute approximate surface area is 137 Å². The predicted molar refractivity (Wildman–Crippen MR) is 89.2 cm³/mol. The number of hydrogen-bond donors (Lipinski definition) is 1. The van der Waals surface area contributed by atoms with Crippen LogP contribution in [0.1, 0.15) is 11.1 Å². The molecule has 0 aliphatic rings. The average Bonchev–Trinajstić information content (AvgIpc) is 2.43. The summed E-state index contributed by atoms with van der Waals surface area (Å²) < 4.78 is 6.35. The van der Waals surface area contributed by atoms with Gasteiger partial charge in [-0.05, 0) is 42.3 Å². The van der Waals surface area contributed by atoms with Gasteiger partial charge < -0.3 is 10.1 Å². The number of methoxy groups -OCH3 is 1. The molecule has 0 aliphatic carbocycles. The van der Waals surface area contributed by atoms with Gasteiger partial charge in [-0.25, -0.2) is 0 Å². The number of anilines is 1. The average molecular weight is 375 g/mol. The molecule has 0 radical (unpaired) electrons. The van der Waals surface area contributed by atoms with Gasteiger partial charge in [-0.2, -0.15) is 0 Å². The first kappa shape index (κ1) is 15.5. The highest BCUT2D eigenvalue weighted by Gasteiger charge is 2.08. The fraction of sp³-hybridized carbons (Fsp3) is 0.200. The molecular formula is C15H14BrCl2NO. The number of halogens is 3. The van der Waals surface area contributed by atoms with Gasteiger partial charge in [-0.1, -0.05) is 39.1 Å². The van der Waals surface area contributed by atoms with E-state index in [0.717, 1.165) is 27.0 Å². The molecule has 0 saturated carbocycles. The monoisotopic (exact) mass is 373 g/mol. The van der Waals surface area contributed by atoms with Crippen LogP contribution in [-0.4, -0.2) is 7.11 Å². The zero-order chi connectivity index (χ0) is 14.7. The number of benzene rings is 2. The first-order valence-corrected chi connectivity index (χ1v) is 7.58. The second kappa shape index (κ2) is 6.70. The van der Waals surface area contributed by atoms with E-state index >= 15 is 0 Å². The third-order valence-corrected chi connectivity index (χ3v) is 4.37. The minimum Gasteiger partial charge on any atom is -0.495 e. The molecule has 0 atom stereocenters. The molecule has 0 bridgehead atoms. The molecule has 2 aromatic rings. The van der Waals surface area contributed by atoms with Crippen molar-refractivity contribution in [2.45, 2.75) is 13.5 Å². The van der Waals surface area contributed by atoms with Crippen LogP contribution in [0, 0.1) is 6.92 Å². The number of nitrogens with one attached hydrogen (secondary N) is 1. The largest absolute Gasteiger partial charge is 0.495 e. The van der Waals surface area contributed by atoms with Crippen molar-refractivity contribution in [1.82, 2.24) is 0 Å². The summed E-state index contributed by atoms with van der Waals surface area (Å²) in [4.78, 5) is 0. The molecule has 0 saturated heterocycles. The molecule has 106 valence electrons. The molecule has 1 N–H and O–H groups in total. The molecule has 0 amide bonds. The normalized spacial score (nSPS) is 10.4. The quantitative estimate of drug-likeness (QED) is 0.742. The molecule has 0 fully saturated rings. The Morgan fingerprint density at radius 3 is 2.65 bits per heavy atom. The van der Waals surface area contributed by atoms with Crippen LogP contribution in [0.3, 0.4) is 0 Å². The second-order valence-corrected chi connectivity index (χ2v) is 6.09. The Morgan fingerprint density at radius 1 is 1.20 bits per heavy atom. The SMILES string of the molecule is COc1cc(Cl)c(C)cc1NCc1cc(Cl)ccc1Br. The maximum absolute atomic E-state index is 6.10. The minimum atomic E-state index is 0.637. The lowest BCUT2D eigenvalue weighted by Crippen LogP contribution is -2.02. The van der Waals surface area contributed by atoms with E-state index in [4.69, 9.17) is 27.9 Å². The van der Waals surface area contributed by atoms with Crippen molar-refractivity contribution in [3.63, 3.8) is 0 Å². The standard InChI is InChI=1S/C15H14BrCl2NO/c1-9-5-14(15(20-2)7-13(9)18)19-8-10-6-11(17)3-4-12(10)16/h3-7,19H,8H2,1-2H3. The zero-order valence-electron chi connectivity index (χ0n) is 11.1. The Kier molecular flexibility index (Phi) is 5.19. The Morgan fingerprint density at radius 2 is 1.95 bits per heavy atom. The maximum Gasteiger partial charge on any atom is 0.143 e. The van der Waals surface area contributed by atoms with Crippen LogP contribution in [0.15, 0.2) is 34.8 Å². The van der Waals surface area contributed by atoms with Crippen molar-refractivity contribution in [3.05, 3.63) is 56.0 Å². The highest BCUT2D eigenvalue weighted by Crippen LogP contribution is 2.32. The maximum atomic E-state index is 6.10. The van der Waals surface area contributed by atoms with Crippen molar-refractivity contribution < 1.29 is 4.74 Å². The first-order valence-electron chi connectivity index (χ1n) is 6.03. The van der Waals surface area contributed by atoms with E-state index in [0.29, 0.717) is 16.6 Å². The van der Waals surface area contributed by atoms with E-state index in [2.05, 4.69) is 21.2 Å². The van der Waals surface area contributed by atoms with Gasteiger partial charge >= 0.3 is 0 Å². The van der Waals surface area contributed by atoms with Crippen molar-refractivity contribution in [2.75, 3.05) is 12.4 Å². The van der Waals surface area contributed by atoms with Gasteiger partial charge in [0.15, 0.2) is 0 Å². The van der Waals surface area contributed by atoms with Gasteiger partial charge in [0.05, 0.1) is 12.8 Å². The predicted octanol–water partition coefficient (Wildman–Crippen LogP) is 5.69. The van der Waals surface area contributed by atoms with Gasteiger partial charge in [-0.15, -0.1) is 0 Å². The van der Waals surface area contributed by atoms with E-state index in [9.17, 15) is 0 Å². The van der Waals surface area contributed by atoms with Crippen LogP contribution in [-0.2, 0) is 6.54 Å². The zero-order valence-corrected chi connectivity index (χ0v) is 14.2. The number of aryl methyl sites for hydroxylation is 1. The van der Waals surface area contributed by atoms with Crippen LogP contribution < -0.4 is 10.1 Å². The molecular weight excluding hydrogens is 361 g/mol. The smallest absolute Gasteiger partial charge is 0.143 e. The van der Waals surface area contributed by atoms with Crippen LogP contribution in [0.5, 0.6) is 5.75 Å². The molecule has 5 heteroatoms. The van der Waals surface area contributed by atoms with Crippen molar-refractivity contribution in [1.29, 1.82) is 0 Å². The second-order valence-electron chi connectivity index (χ2n) is 4.39. The molecule has 0 aliphatic heterocycles. The lowest BCUT2D eigenvalue weighted by atomic mass is 10.2. The summed E-state index contributed by atoms with van der Waals surface area (Å²) in [6, 6.07) is 9.49. The summed E-state index contributed by atoms with van der Waals surface area (Å²) in [6.07, 6.45) is 0. The van der Waals surface area contributed by atoms with Crippen LogP contribution in [0.2, 0.25) is 10.0 Å².